The molecular weight excluding hydrogens is 582 g/mol. The van der Waals surface area contributed by atoms with Crippen LogP contribution in [0.1, 0.15) is 46.7 Å². The van der Waals surface area contributed by atoms with E-state index in [-0.39, 0.29) is 31.0 Å². The van der Waals surface area contributed by atoms with E-state index in [4.69, 9.17) is 13.9 Å². The Kier molecular flexibility index (Phi) is 11.1. The molecule has 0 unspecified atom stereocenters. The molecule has 0 saturated heterocycles. The first kappa shape index (κ1) is 32.7. The van der Waals surface area contributed by atoms with Crippen LogP contribution in [0.25, 0.3) is 22.5 Å². The van der Waals surface area contributed by atoms with Crippen LogP contribution >= 0.6 is 0 Å². The van der Waals surface area contributed by atoms with Gasteiger partial charge in [-0.3, -0.25) is 4.79 Å². The van der Waals surface area contributed by atoms with Crippen LogP contribution in [0.4, 0.5) is 0 Å². The lowest BCUT2D eigenvalue weighted by Gasteiger charge is -2.19. The number of sulfone groups is 1. The number of carboxylic acids is 1. The number of carboxylic acid groups (broad SMARTS) is 1. The molecule has 10 heteroatoms. The normalized spacial score (nSPS) is 12.9. The van der Waals surface area contributed by atoms with Gasteiger partial charge in [0.1, 0.15) is 33.5 Å². The van der Waals surface area contributed by atoms with Gasteiger partial charge < -0.3 is 24.3 Å². The first-order valence-electron chi connectivity index (χ1n) is 14.3. The van der Waals surface area contributed by atoms with E-state index in [1.165, 1.54) is 0 Å². The second kappa shape index (κ2) is 15.0. The minimum absolute atomic E-state index is 0.187. The number of amides is 1. The molecule has 2 atom stereocenters. The van der Waals surface area contributed by atoms with Crippen LogP contribution in [-0.4, -0.2) is 56.7 Å². The zero-order chi connectivity index (χ0) is 31.7. The molecule has 44 heavy (non-hydrogen) atoms. The number of nitrogens with one attached hydrogen (secondary N) is 1. The van der Waals surface area contributed by atoms with Crippen LogP contribution in [0.2, 0.25) is 0 Å². The Morgan fingerprint density at radius 2 is 1.68 bits per heavy atom. The van der Waals surface area contributed by atoms with Crippen LogP contribution in [0.15, 0.2) is 89.3 Å². The minimum atomic E-state index is -3.41. The van der Waals surface area contributed by atoms with Gasteiger partial charge in [0.2, 0.25) is 0 Å². The van der Waals surface area contributed by atoms with Crippen molar-refractivity contribution in [3.8, 4) is 22.5 Å². The average Bonchev–Trinajstić information content (AvgIpc) is 3.49. The van der Waals surface area contributed by atoms with E-state index in [2.05, 4.69) is 5.32 Å². The molecular formula is C34H37NO8S. The Morgan fingerprint density at radius 3 is 2.36 bits per heavy atom. The van der Waals surface area contributed by atoms with Crippen molar-refractivity contribution in [2.24, 2.45) is 0 Å². The molecule has 0 fully saturated rings. The number of furan rings is 1. The van der Waals surface area contributed by atoms with Crippen LogP contribution < -0.4 is 5.32 Å². The predicted octanol–water partition coefficient (Wildman–Crippen LogP) is 5.83. The van der Waals surface area contributed by atoms with E-state index in [1.807, 2.05) is 86.6 Å². The summed E-state index contributed by atoms with van der Waals surface area (Å²) in [6.07, 6.45) is 0.298. The highest BCUT2D eigenvalue weighted by molar-refractivity contribution is 7.90. The smallest absolute Gasteiger partial charge is 0.326 e. The number of ether oxygens (including phenoxy) is 2. The van der Waals surface area contributed by atoms with Gasteiger partial charge in [-0.05, 0) is 66.8 Å². The van der Waals surface area contributed by atoms with Crippen LogP contribution in [0, 0.1) is 6.92 Å². The first-order chi connectivity index (χ1) is 21.1. The lowest BCUT2D eigenvalue weighted by atomic mass is 9.93. The first-order valence-corrected chi connectivity index (χ1v) is 16.4. The van der Waals surface area contributed by atoms with E-state index in [9.17, 15) is 23.1 Å². The molecule has 0 aliphatic heterocycles. The Morgan fingerprint density at radius 1 is 0.955 bits per heavy atom. The standard InChI is InChI=1S/C34H37NO8S/c1-4-41-22-32(31-17-16-30(43-31)25-11-6-5-7-12-25)42-21-24-14-15-27(28(20-24)26-13-9-8-10-23(26)2)33(36)35-29(34(37)38)18-19-44(3,39)40/h5-17,20,29,32H,4,18-19,21-22H2,1-3H3,(H,35,36)(H,37,38)/t29-,32-/m0/s1. The predicted molar refractivity (Wildman–Crippen MR) is 168 cm³/mol. The summed E-state index contributed by atoms with van der Waals surface area (Å²) in [6, 6.07) is 25.0. The molecule has 3 aromatic carbocycles. The van der Waals surface area contributed by atoms with Crippen molar-refractivity contribution in [2.45, 2.75) is 39.0 Å². The molecule has 0 spiro atoms. The molecule has 9 nitrogen and oxygen atoms in total. The van der Waals surface area contributed by atoms with Crippen LogP contribution in [-0.2, 0) is 30.7 Å². The van der Waals surface area contributed by atoms with Crippen molar-refractivity contribution >= 4 is 21.7 Å². The molecule has 2 N–H and O–H groups in total. The fraction of sp³-hybridized carbons (Fsp3) is 0.294. The van der Waals surface area contributed by atoms with Gasteiger partial charge in [-0.15, -0.1) is 0 Å². The zero-order valence-electron chi connectivity index (χ0n) is 25.0. The molecule has 4 rings (SSSR count). The van der Waals surface area contributed by atoms with E-state index in [1.54, 1.807) is 12.1 Å². The third-order valence-electron chi connectivity index (χ3n) is 7.07. The van der Waals surface area contributed by atoms with Gasteiger partial charge in [-0.1, -0.05) is 60.7 Å². The third kappa shape index (κ3) is 8.89. The minimum Gasteiger partial charge on any atom is -0.480 e. The molecule has 1 amide bonds. The zero-order valence-corrected chi connectivity index (χ0v) is 25.8. The second-order valence-electron chi connectivity index (χ2n) is 10.5. The van der Waals surface area contributed by atoms with Gasteiger partial charge in [-0.25, -0.2) is 13.2 Å². The fourth-order valence-electron chi connectivity index (χ4n) is 4.72. The van der Waals surface area contributed by atoms with E-state index in [0.717, 1.165) is 34.3 Å². The number of hydrogen-bond donors (Lipinski definition) is 2. The average molecular weight is 620 g/mol. The van der Waals surface area contributed by atoms with Crippen molar-refractivity contribution in [3.63, 3.8) is 0 Å². The summed E-state index contributed by atoms with van der Waals surface area (Å²) in [5.41, 5.74) is 4.31. The summed E-state index contributed by atoms with van der Waals surface area (Å²) >= 11 is 0. The van der Waals surface area contributed by atoms with E-state index >= 15 is 0 Å². The van der Waals surface area contributed by atoms with Gasteiger partial charge in [0.25, 0.3) is 5.91 Å². The molecule has 0 aliphatic carbocycles. The molecule has 0 radical (unpaired) electrons. The summed E-state index contributed by atoms with van der Waals surface area (Å²) < 4.78 is 41.4. The Bertz CT molecular complexity index is 1680. The van der Waals surface area contributed by atoms with Gasteiger partial charge in [0.15, 0.2) is 0 Å². The lowest BCUT2D eigenvalue weighted by Crippen LogP contribution is -2.42. The molecule has 1 heterocycles. The van der Waals surface area contributed by atoms with Crippen molar-refractivity contribution < 1.29 is 37.0 Å². The molecule has 0 aliphatic rings. The SMILES string of the molecule is CCOC[C@H](OCc1ccc(C(=O)N[C@@H](CCS(C)(=O)=O)C(=O)O)c(-c2ccccc2C)c1)c1ccc(-c2ccccc2)o1. The highest BCUT2D eigenvalue weighted by Gasteiger charge is 2.25. The second-order valence-corrected chi connectivity index (χ2v) is 12.8. The summed E-state index contributed by atoms with van der Waals surface area (Å²) in [5.74, 6) is -0.940. The van der Waals surface area contributed by atoms with Gasteiger partial charge in [-0.2, -0.15) is 0 Å². The summed E-state index contributed by atoms with van der Waals surface area (Å²) in [5, 5.41) is 12.1. The van der Waals surface area contributed by atoms with Crippen molar-refractivity contribution in [1.29, 1.82) is 0 Å². The topological polar surface area (TPSA) is 132 Å². The number of rotatable bonds is 15. The lowest BCUT2D eigenvalue weighted by molar-refractivity contribution is -0.139. The summed E-state index contributed by atoms with van der Waals surface area (Å²) in [4.78, 5) is 25.2. The summed E-state index contributed by atoms with van der Waals surface area (Å²) in [6.45, 7) is 4.81. The van der Waals surface area contributed by atoms with Gasteiger partial charge in [0, 0.05) is 24.0 Å². The Balaban J connectivity index is 1.59. The Hall–Kier alpha value is -4.25. The Labute approximate surface area is 257 Å². The van der Waals surface area contributed by atoms with Crippen LogP contribution in [0.3, 0.4) is 0 Å². The highest BCUT2D eigenvalue weighted by Crippen LogP contribution is 2.31. The largest absolute Gasteiger partial charge is 0.480 e. The number of aliphatic carboxylic acids is 1. The summed E-state index contributed by atoms with van der Waals surface area (Å²) in [7, 11) is -3.41. The maximum Gasteiger partial charge on any atom is 0.326 e. The highest BCUT2D eigenvalue weighted by atomic mass is 32.2. The number of carbonyl (C=O) groups excluding carboxylic acids is 1. The van der Waals surface area contributed by atoms with E-state index in [0.29, 0.717) is 17.9 Å². The number of carbonyl (C=O) groups is 2. The van der Waals surface area contributed by atoms with Crippen molar-refractivity contribution in [1.82, 2.24) is 5.32 Å². The number of aryl methyl sites for hydroxylation is 1. The molecule has 0 bridgehead atoms. The maximum atomic E-state index is 13.4. The van der Waals surface area contributed by atoms with Crippen molar-refractivity contribution in [2.75, 3.05) is 25.2 Å². The molecule has 4 aromatic rings. The quantitative estimate of drug-likeness (QED) is 0.170. The van der Waals surface area contributed by atoms with Gasteiger partial charge in [0.05, 0.1) is 19.0 Å². The molecule has 1 aromatic heterocycles. The van der Waals surface area contributed by atoms with Crippen LogP contribution in [0.5, 0.6) is 0 Å². The monoisotopic (exact) mass is 619 g/mol. The molecule has 232 valence electrons. The molecule has 0 saturated carbocycles. The fourth-order valence-corrected chi connectivity index (χ4v) is 5.38. The number of hydrogen-bond acceptors (Lipinski definition) is 7. The number of benzene rings is 3. The van der Waals surface area contributed by atoms with Gasteiger partial charge >= 0.3 is 5.97 Å². The van der Waals surface area contributed by atoms with E-state index < -0.39 is 33.9 Å². The van der Waals surface area contributed by atoms with Crippen molar-refractivity contribution in [3.05, 3.63) is 107 Å². The third-order valence-corrected chi connectivity index (χ3v) is 8.05. The maximum absolute atomic E-state index is 13.4.